The minimum atomic E-state index is -0.0885. The Morgan fingerprint density at radius 2 is 2.14 bits per heavy atom. The van der Waals surface area contributed by atoms with Crippen molar-refractivity contribution in [2.45, 2.75) is 26.8 Å². The van der Waals surface area contributed by atoms with Crippen LogP contribution in [0.2, 0.25) is 0 Å². The van der Waals surface area contributed by atoms with E-state index in [2.05, 4.69) is 20.4 Å². The van der Waals surface area contributed by atoms with Crippen LogP contribution in [0.5, 0.6) is 0 Å². The fourth-order valence-corrected chi connectivity index (χ4v) is 1.86. The summed E-state index contributed by atoms with van der Waals surface area (Å²) in [4.78, 5) is 22.3. The molecule has 2 rings (SSSR count). The zero-order valence-corrected chi connectivity index (χ0v) is 12.7. The van der Waals surface area contributed by atoms with Crippen molar-refractivity contribution in [2.24, 2.45) is 0 Å². The molecular weight excluding hydrogens is 270 g/mol. The second-order valence-corrected chi connectivity index (χ2v) is 5.00. The Labute approximate surface area is 123 Å². The van der Waals surface area contributed by atoms with E-state index in [9.17, 15) is 4.79 Å². The van der Waals surface area contributed by atoms with E-state index in [0.29, 0.717) is 18.3 Å². The van der Waals surface area contributed by atoms with E-state index in [4.69, 9.17) is 4.52 Å². The van der Waals surface area contributed by atoms with Crippen LogP contribution in [0.1, 0.15) is 22.7 Å². The van der Waals surface area contributed by atoms with Gasteiger partial charge in [-0.3, -0.25) is 4.79 Å². The van der Waals surface area contributed by atoms with Crippen molar-refractivity contribution in [3.8, 4) is 0 Å². The number of anilines is 1. The Morgan fingerprint density at radius 1 is 1.38 bits per heavy atom. The van der Waals surface area contributed by atoms with Gasteiger partial charge in [0.05, 0.1) is 24.4 Å². The van der Waals surface area contributed by atoms with Crippen LogP contribution in [-0.4, -0.2) is 35.1 Å². The van der Waals surface area contributed by atoms with Crippen LogP contribution >= 0.6 is 0 Å². The van der Waals surface area contributed by atoms with Crippen LogP contribution < -0.4 is 10.2 Å². The zero-order valence-electron chi connectivity index (χ0n) is 12.7. The quantitative estimate of drug-likeness (QED) is 0.884. The fourth-order valence-electron chi connectivity index (χ4n) is 1.86. The molecule has 2 aromatic heterocycles. The molecule has 0 fully saturated rings. The number of carbonyl (C=O) groups is 1. The Bertz CT molecular complexity index is 617. The van der Waals surface area contributed by atoms with Gasteiger partial charge in [-0.05, 0) is 19.9 Å². The standard InChI is InChI=1S/C14H19N5O2/c1-9-12(10(2)21-18-9)7-13(20)16-8-11-5-6-15-14(17-11)19(3)4/h5-6H,7-8H2,1-4H3,(H,16,20). The molecule has 0 aliphatic rings. The summed E-state index contributed by atoms with van der Waals surface area (Å²) in [7, 11) is 3.74. The van der Waals surface area contributed by atoms with Crippen molar-refractivity contribution < 1.29 is 9.32 Å². The molecule has 2 heterocycles. The molecule has 0 aromatic carbocycles. The number of aromatic nitrogens is 3. The van der Waals surface area contributed by atoms with Crippen LogP contribution in [0.4, 0.5) is 5.95 Å². The summed E-state index contributed by atoms with van der Waals surface area (Å²) in [6, 6.07) is 1.78. The summed E-state index contributed by atoms with van der Waals surface area (Å²) < 4.78 is 5.04. The van der Waals surface area contributed by atoms with E-state index in [0.717, 1.165) is 17.0 Å². The van der Waals surface area contributed by atoms with Gasteiger partial charge in [0.15, 0.2) is 0 Å². The van der Waals surface area contributed by atoms with Crippen LogP contribution in [0.25, 0.3) is 0 Å². The van der Waals surface area contributed by atoms with Gasteiger partial charge in [0.25, 0.3) is 0 Å². The molecule has 2 aromatic rings. The number of nitrogens with one attached hydrogen (secondary N) is 1. The summed E-state index contributed by atoms with van der Waals surface area (Å²) >= 11 is 0. The van der Waals surface area contributed by atoms with Crippen LogP contribution in [0.15, 0.2) is 16.8 Å². The third kappa shape index (κ3) is 3.77. The molecule has 0 unspecified atom stereocenters. The van der Waals surface area contributed by atoms with E-state index in [-0.39, 0.29) is 12.3 Å². The number of rotatable bonds is 5. The Kier molecular flexibility index (Phi) is 4.52. The van der Waals surface area contributed by atoms with E-state index in [1.54, 1.807) is 19.2 Å². The first-order valence-electron chi connectivity index (χ1n) is 6.65. The maximum atomic E-state index is 12.0. The molecule has 0 bridgehead atoms. The average Bonchev–Trinajstić information content (AvgIpc) is 2.77. The minimum absolute atomic E-state index is 0.0885. The first-order chi connectivity index (χ1) is 9.97. The molecule has 0 atom stereocenters. The van der Waals surface area contributed by atoms with Crippen molar-refractivity contribution in [2.75, 3.05) is 19.0 Å². The van der Waals surface area contributed by atoms with Gasteiger partial charge in [-0.25, -0.2) is 9.97 Å². The lowest BCUT2D eigenvalue weighted by atomic mass is 10.1. The predicted molar refractivity (Wildman–Crippen MR) is 77.9 cm³/mol. The van der Waals surface area contributed by atoms with Gasteiger partial charge in [0.2, 0.25) is 11.9 Å². The lowest BCUT2D eigenvalue weighted by molar-refractivity contribution is -0.120. The van der Waals surface area contributed by atoms with E-state index in [1.165, 1.54) is 0 Å². The van der Waals surface area contributed by atoms with Crippen LogP contribution in [0, 0.1) is 13.8 Å². The topological polar surface area (TPSA) is 84.2 Å². The highest BCUT2D eigenvalue weighted by atomic mass is 16.5. The highest BCUT2D eigenvalue weighted by Gasteiger charge is 2.13. The number of aryl methyl sites for hydroxylation is 2. The van der Waals surface area contributed by atoms with Crippen molar-refractivity contribution in [1.29, 1.82) is 0 Å². The summed E-state index contributed by atoms with van der Waals surface area (Å²) in [6.07, 6.45) is 1.94. The first kappa shape index (κ1) is 15.0. The van der Waals surface area contributed by atoms with Gasteiger partial charge >= 0.3 is 0 Å². The third-order valence-electron chi connectivity index (χ3n) is 3.09. The molecule has 21 heavy (non-hydrogen) atoms. The molecule has 0 saturated carbocycles. The minimum Gasteiger partial charge on any atom is -0.361 e. The largest absolute Gasteiger partial charge is 0.361 e. The molecule has 0 aliphatic heterocycles. The smallest absolute Gasteiger partial charge is 0.225 e. The fraction of sp³-hybridized carbons (Fsp3) is 0.429. The normalized spacial score (nSPS) is 10.5. The number of hydrogen-bond acceptors (Lipinski definition) is 6. The van der Waals surface area contributed by atoms with Crippen molar-refractivity contribution in [1.82, 2.24) is 20.4 Å². The lowest BCUT2D eigenvalue weighted by Crippen LogP contribution is -2.26. The molecule has 7 nitrogen and oxygen atoms in total. The Hall–Kier alpha value is -2.44. The Balaban J connectivity index is 1.94. The van der Waals surface area contributed by atoms with Gasteiger partial charge in [-0.1, -0.05) is 5.16 Å². The molecular formula is C14H19N5O2. The number of nitrogens with zero attached hydrogens (tertiary/aromatic N) is 4. The summed E-state index contributed by atoms with van der Waals surface area (Å²) in [6.45, 7) is 3.99. The maximum absolute atomic E-state index is 12.0. The highest BCUT2D eigenvalue weighted by Crippen LogP contribution is 2.12. The second kappa shape index (κ2) is 6.34. The van der Waals surface area contributed by atoms with E-state index >= 15 is 0 Å². The van der Waals surface area contributed by atoms with Gasteiger partial charge in [0, 0.05) is 25.9 Å². The van der Waals surface area contributed by atoms with Gasteiger partial charge in [0.1, 0.15) is 5.76 Å². The van der Waals surface area contributed by atoms with Crippen LogP contribution in [0.3, 0.4) is 0 Å². The third-order valence-corrected chi connectivity index (χ3v) is 3.09. The van der Waals surface area contributed by atoms with Crippen LogP contribution in [-0.2, 0) is 17.8 Å². The molecule has 7 heteroatoms. The molecule has 0 aliphatic carbocycles. The van der Waals surface area contributed by atoms with Gasteiger partial charge in [-0.15, -0.1) is 0 Å². The first-order valence-corrected chi connectivity index (χ1v) is 6.65. The summed E-state index contributed by atoms with van der Waals surface area (Å²) in [5, 5.41) is 6.68. The molecule has 1 N–H and O–H groups in total. The van der Waals surface area contributed by atoms with Crippen molar-refractivity contribution in [3.05, 3.63) is 35.0 Å². The van der Waals surface area contributed by atoms with Crippen molar-refractivity contribution >= 4 is 11.9 Å². The van der Waals surface area contributed by atoms with Gasteiger partial charge in [-0.2, -0.15) is 0 Å². The molecule has 0 spiro atoms. The lowest BCUT2D eigenvalue weighted by Gasteiger charge is -2.11. The SMILES string of the molecule is Cc1noc(C)c1CC(=O)NCc1ccnc(N(C)C)n1. The second-order valence-electron chi connectivity index (χ2n) is 5.00. The molecule has 0 saturated heterocycles. The number of carbonyl (C=O) groups excluding carboxylic acids is 1. The zero-order chi connectivity index (χ0) is 15.4. The molecule has 0 radical (unpaired) electrons. The monoisotopic (exact) mass is 289 g/mol. The molecule has 1 amide bonds. The highest BCUT2D eigenvalue weighted by molar-refractivity contribution is 5.78. The van der Waals surface area contributed by atoms with Gasteiger partial charge < -0.3 is 14.7 Å². The summed E-state index contributed by atoms with van der Waals surface area (Å²) in [5.74, 6) is 1.21. The van der Waals surface area contributed by atoms with E-state index < -0.39 is 0 Å². The average molecular weight is 289 g/mol. The number of hydrogen-bond donors (Lipinski definition) is 1. The predicted octanol–water partition coefficient (Wildman–Crippen LogP) is 1.01. The van der Waals surface area contributed by atoms with Crippen molar-refractivity contribution in [3.63, 3.8) is 0 Å². The van der Waals surface area contributed by atoms with E-state index in [1.807, 2.05) is 25.9 Å². The Morgan fingerprint density at radius 3 is 2.76 bits per heavy atom. The molecule has 112 valence electrons. The number of amides is 1. The summed E-state index contributed by atoms with van der Waals surface area (Å²) in [5.41, 5.74) is 2.35. The maximum Gasteiger partial charge on any atom is 0.225 e.